The van der Waals surface area contributed by atoms with Crippen molar-refractivity contribution in [3.63, 3.8) is 0 Å². The van der Waals surface area contributed by atoms with Crippen molar-refractivity contribution in [1.29, 1.82) is 0 Å². The second kappa shape index (κ2) is 10.3. The molecule has 0 aliphatic carbocycles. The third-order valence-electron chi connectivity index (χ3n) is 6.46. The molecule has 3 heterocycles. The lowest BCUT2D eigenvalue weighted by Gasteiger charge is -2.37. The van der Waals surface area contributed by atoms with E-state index >= 15 is 0 Å². The maximum absolute atomic E-state index is 12.3. The Morgan fingerprint density at radius 2 is 2.06 bits per heavy atom. The van der Waals surface area contributed by atoms with Gasteiger partial charge in [0.1, 0.15) is 23.4 Å². The minimum absolute atomic E-state index is 0.0282. The Bertz CT molecular complexity index is 918. The van der Waals surface area contributed by atoms with Crippen molar-refractivity contribution in [1.82, 2.24) is 19.8 Å². The van der Waals surface area contributed by atoms with Crippen LogP contribution in [0.3, 0.4) is 0 Å². The van der Waals surface area contributed by atoms with Gasteiger partial charge in [-0.15, -0.1) is 0 Å². The van der Waals surface area contributed by atoms with Crippen molar-refractivity contribution >= 4 is 5.91 Å². The van der Waals surface area contributed by atoms with Gasteiger partial charge in [0.05, 0.1) is 13.7 Å². The number of benzene rings is 1. The Balaban J connectivity index is 1.46. The monoisotopic (exact) mass is 438 g/mol. The van der Waals surface area contributed by atoms with E-state index in [1.165, 1.54) is 0 Å². The molecule has 0 bridgehead atoms. The molecule has 0 N–H and O–H groups in total. The average molecular weight is 439 g/mol. The van der Waals surface area contributed by atoms with E-state index in [4.69, 9.17) is 9.47 Å². The minimum atomic E-state index is -0.0282. The number of fused-ring (bicyclic) bond motifs is 1. The molecule has 7 heteroatoms. The Morgan fingerprint density at radius 1 is 1.25 bits per heavy atom. The highest BCUT2D eigenvalue weighted by Crippen LogP contribution is 2.33. The van der Waals surface area contributed by atoms with Crippen LogP contribution >= 0.6 is 0 Å². The van der Waals surface area contributed by atoms with Crippen molar-refractivity contribution in [3.05, 3.63) is 47.5 Å². The highest BCUT2D eigenvalue weighted by Gasteiger charge is 2.33. The van der Waals surface area contributed by atoms with E-state index in [0.29, 0.717) is 19.0 Å². The minimum Gasteiger partial charge on any atom is -0.497 e. The Hall–Kier alpha value is -2.67. The Labute approximate surface area is 190 Å². The highest BCUT2D eigenvalue weighted by atomic mass is 16.5. The molecule has 1 aromatic carbocycles. The van der Waals surface area contributed by atoms with Gasteiger partial charge in [-0.25, -0.2) is 9.97 Å². The van der Waals surface area contributed by atoms with Crippen molar-refractivity contribution in [2.45, 2.75) is 58.7 Å². The van der Waals surface area contributed by atoms with Crippen LogP contribution in [0, 0.1) is 5.92 Å². The second-order valence-electron chi connectivity index (χ2n) is 8.92. The zero-order valence-corrected chi connectivity index (χ0v) is 19.4. The lowest BCUT2D eigenvalue weighted by atomic mass is 9.91. The Morgan fingerprint density at radius 3 is 2.78 bits per heavy atom. The molecule has 32 heavy (non-hydrogen) atoms. The molecule has 0 spiro atoms. The fourth-order valence-electron chi connectivity index (χ4n) is 4.71. The molecule has 2 atom stereocenters. The van der Waals surface area contributed by atoms with Gasteiger partial charge >= 0.3 is 0 Å². The number of piperidine rings is 1. The van der Waals surface area contributed by atoms with Crippen molar-refractivity contribution in [2.75, 3.05) is 26.7 Å². The Kier molecular flexibility index (Phi) is 7.25. The summed E-state index contributed by atoms with van der Waals surface area (Å²) in [6.45, 7) is 7.79. The van der Waals surface area contributed by atoms with Gasteiger partial charge in [0, 0.05) is 62.4 Å². The summed E-state index contributed by atoms with van der Waals surface area (Å²) in [4.78, 5) is 25.7. The smallest absolute Gasteiger partial charge is 0.219 e. The number of methoxy groups -OCH3 is 1. The summed E-state index contributed by atoms with van der Waals surface area (Å²) in [7, 11) is 1.66. The first-order chi connectivity index (χ1) is 15.6. The molecule has 4 rings (SSSR count). The first-order valence-electron chi connectivity index (χ1n) is 11.7. The number of likely N-dealkylation sites (tertiary alicyclic amines) is 1. The van der Waals surface area contributed by atoms with Gasteiger partial charge in [-0.3, -0.25) is 9.69 Å². The van der Waals surface area contributed by atoms with E-state index in [1.54, 1.807) is 14.0 Å². The maximum Gasteiger partial charge on any atom is 0.219 e. The number of ether oxygens (including phenoxy) is 2. The summed E-state index contributed by atoms with van der Waals surface area (Å²) in [5.74, 6) is 2.99. The number of aryl methyl sites for hydroxylation is 1. The molecule has 2 aliphatic rings. The zero-order chi connectivity index (χ0) is 22.5. The van der Waals surface area contributed by atoms with Gasteiger partial charge in [0.25, 0.3) is 0 Å². The zero-order valence-electron chi connectivity index (χ0n) is 19.4. The van der Waals surface area contributed by atoms with E-state index in [9.17, 15) is 4.79 Å². The summed E-state index contributed by atoms with van der Waals surface area (Å²) in [6.07, 6.45) is 8.10. The fraction of sp³-hybridized carbons (Fsp3) is 0.560. The molecule has 2 aromatic rings. The molecule has 1 amide bonds. The summed E-state index contributed by atoms with van der Waals surface area (Å²) >= 11 is 0. The first kappa shape index (κ1) is 22.5. The highest BCUT2D eigenvalue weighted by molar-refractivity contribution is 5.73. The molecule has 0 radical (unpaired) electrons. The molecule has 1 saturated heterocycles. The van der Waals surface area contributed by atoms with Crippen LogP contribution in [-0.4, -0.2) is 58.5 Å². The lowest BCUT2D eigenvalue weighted by Crippen LogP contribution is -2.46. The topological polar surface area (TPSA) is 67.8 Å². The number of aromatic nitrogens is 2. The second-order valence-corrected chi connectivity index (χ2v) is 8.92. The summed E-state index contributed by atoms with van der Waals surface area (Å²) in [6, 6.07) is 5.87. The van der Waals surface area contributed by atoms with Crippen LogP contribution in [0.1, 0.15) is 50.1 Å². The maximum atomic E-state index is 12.3. The van der Waals surface area contributed by atoms with Crippen LogP contribution in [0.25, 0.3) is 0 Å². The van der Waals surface area contributed by atoms with Gasteiger partial charge in [-0.05, 0) is 44.0 Å². The fourth-order valence-corrected chi connectivity index (χ4v) is 4.71. The van der Waals surface area contributed by atoms with Crippen LogP contribution in [0.4, 0.5) is 0 Å². The molecule has 7 nitrogen and oxygen atoms in total. The molecule has 0 saturated carbocycles. The number of hydrogen-bond acceptors (Lipinski definition) is 6. The van der Waals surface area contributed by atoms with Gasteiger partial charge < -0.3 is 14.4 Å². The number of nitrogens with zero attached hydrogens (tertiary/aromatic N) is 4. The number of carbonyl (C=O) groups is 1. The summed E-state index contributed by atoms with van der Waals surface area (Å²) in [5.41, 5.74) is 2.15. The van der Waals surface area contributed by atoms with Crippen LogP contribution < -0.4 is 9.47 Å². The molecule has 0 unspecified atom stereocenters. The van der Waals surface area contributed by atoms with Crippen molar-refractivity contribution in [2.24, 2.45) is 5.92 Å². The number of carbonyl (C=O) groups excluding carboxylic acids is 1. The number of rotatable bonds is 6. The van der Waals surface area contributed by atoms with Crippen LogP contribution in [0.2, 0.25) is 0 Å². The average Bonchev–Trinajstić information content (AvgIpc) is 3.00. The number of amides is 1. The van der Waals surface area contributed by atoms with Crippen LogP contribution in [0.15, 0.2) is 30.6 Å². The van der Waals surface area contributed by atoms with Crippen molar-refractivity contribution in [3.8, 4) is 11.5 Å². The molecule has 2 aliphatic heterocycles. The standard InChI is InChI=1S/C25H34N4O3/c1-4-6-25-26-12-19(13-27-25)14-28-10-5-7-20(15-28)24-17-29(18(2)30)16-21-11-22(31-3)8-9-23(21)32-24/h8-9,11-13,20,24H,4-7,10,14-17H2,1-3H3/t20-,24-/m1/s1. The summed E-state index contributed by atoms with van der Waals surface area (Å²) < 4.78 is 11.9. The summed E-state index contributed by atoms with van der Waals surface area (Å²) in [5, 5.41) is 0. The predicted octanol–water partition coefficient (Wildman–Crippen LogP) is 3.46. The normalized spacial score (nSPS) is 21.4. The van der Waals surface area contributed by atoms with Gasteiger partial charge in [0.15, 0.2) is 0 Å². The third kappa shape index (κ3) is 5.38. The molecule has 1 aromatic heterocycles. The van der Waals surface area contributed by atoms with E-state index < -0.39 is 0 Å². The van der Waals surface area contributed by atoms with E-state index in [-0.39, 0.29) is 12.0 Å². The van der Waals surface area contributed by atoms with Crippen molar-refractivity contribution < 1.29 is 14.3 Å². The van der Waals surface area contributed by atoms with Gasteiger partial charge in [0.2, 0.25) is 5.91 Å². The molecular formula is C25H34N4O3. The quantitative estimate of drug-likeness (QED) is 0.688. The lowest BCUT2D eigenvalue weighted by molar-refractivity contribution is -0.130. The van der Waals surface area contributed by atoms with E-state index in [0.717, 1.165) is 73.8 Å². The SMILES string of the molecule is CCCc1ncc(CN2CCC[C@@H]([C@H]3CN(C(C)=O)Cc4cc(OC)ccc4O3)C2)cn1. The van der Waals surface area contributed by atoms with Gasteiger partial charge in [-0.2, -0.15) is 0 Å². The number of hydrogen-bond donors (Lipinski definition) is 0. The van der Waals surface area contributed by atoms with E-state index in [1.807, 2.05) is 35.5 Å². The predicted molar refractivity (Wildman–Crippen MR) is 123 cm³/mol. The van der Waals surface area contributed by atoms with Crippen LogP contribution in [-0.2, 0) is 24.3 Å². The van der Waals surface area contributed by atoms with Gasteiger partial charge in [-0.1, -0.05) is 6.92 Å². The van der Waals surface area contributed by atoms with E-state index in [2.05, 4.69) is 21.8 Å². The first-order valence-corrected chi connectivity index (χ1v) is 11.7. The molecule has 1 fully saturated rings. The molecular weight excluding hydrogens is 404 g/mol. The van der Waals surface area contributed by atoms with Crippen LogP contribution in [0.5, 0.6) is 11.5 Å². The third-order valence-corrected chi connectivity index (χ3v) is 6.46. The molecule has 172 valence electrons. The largest absolute Gasteiger partial charge is 0.497 e.